The monoisotopic (exact) mass is 473 g/mol. The second-order valence-corrected chi connectivity index (χ2v) is 9.84. The van der Waals surface area contributed by atoms with E-state index in [0.29, 0.717) is 6.04 Å². The quantitative estimate of drug-likeness (QED) is 0.302. The molecule has 0 bridgehead atoms. The largest absolute Gasteiger partial charge is 0.365 e. The average molecular weight is 474 g/mol. The van der Waals surface area contributed by atoms with Crippen molar-refractivity contribution < 1.29 is 0 Å². The molecule has 5 heteroatoms. The van der Waals surface area contributed by atoms with Crippen LogP contribution >= 0.6 is 0 Å². The van der Waals surface area contributed by atoms with E-state index in [2.05, 4.69) is 120 Å². The Morgan fingerprint density at radius 2 is 1.50 bits per heavy atom. The summed E-state index contributed by atoms with van der Waals surface area (Å²) in [5.41, 5.74) is 8.22. The second-order valence-electron chi connectivity index (χ2n) is 9.84. The Morgan fingerprint density at radius 1 is 0.778 bits per heavy atom. The lowest BCUT2D eigenvalue weighted by molar-refractivity contribution is 0.548. The van der Waals surface area contributed by atoms with Crippen LogP contribution in [-0.4, -0.2) is 40.2 Å². The molecule has 0 amide bonds. The molecule has 1 fully saturated rings. The molecule has 0 unspecified atom stereocenters. The Kier molecular flexibility index (Phi) is 5.68. The first kappa shape index (κ1) is 22.4. The van der Waals surface area contributed by atoms with Crippen molar-refractivity contribution in [3.05, 3.63) is 103 Å². The molecule has 1 aliphatic heterocycles. The van der Waals surface area contributed by atoms with E-state index < -0.39 is 0 Å². The Labute approximate surface area is 212 Å². The molecule has 3 heterocycles. The summed E-state index contributed by atoms with van der Waals surface area (Å²) < 4.78 is 2.21. The molecule has 0 N–H and O–H groups in total. The minimum absolute atomic E-state index is 0.365. The highest BCUT2D eigenvalue weighted by Crippen LogP contribution is 2.37. The lowest BCUT2D eigenvalue weighted by Gasteiger charge is -2.42. The molecule has 0 radical (unpaired) electrons. The van der Waals surface area contributed by atoms with Gasteiger partial charge in [0.25, 0.3) is 0 Å². The first-order valence-electron chi connectivity index (χ1n) is 12.7. The van der Waals surface area contributed by atoms with Gasteiger partial charge in [-0.15, -0.1) is 0 Å². The van der Waals surface area contributed by atoms with E-state index in [1.54, 1.807) is 6.33 Å². The van der Waals surface area contributed by atoms with Crippen molar-refractivity contribution >= 4 is 22.5 Å². The third kappa shape index (κ3) is 4.01. The molecule has 1 atom stereocenters. The summed E-state index contributed by atoms with van der Waals surface area (Å²) in [7, 11) is 0. The Morgan fingerprint density at radius 3 is 2.22 bits per heavy atom. The van der Waals surface area contributed by atoms with E-state index in [9.17, 15) is 0 Å². The summed E-state index contributed by atoms with van der Waals surface area (Å²) in [6, 6.07) is 28.4. The SMILES string of the molecule is Cc1cccc(N2CCN(c3ncnc4c3c(-c3ccccc3)cn4-c3cccc(C)c3)C[C@H]2C)c1. The fourth-order valence-electron chi connectivity index (χ4n) is 5.44. The summed E-state index contributed by atoms with van der Waals surface area (Å²) in [6.45, 7) is 9.37. The van der Waals surface area contributed by atoms with Crippen molar-refractivity contribution in [2.24, 2.45) is 0 Å². The maximum atomic E-state index is 4.87. The van der Waals surface area contributed by atoms with E-state index in [1.807, 2.05) is 0 Å². The van der Waals surface area contributed by atoms with Gasteiger partial charge in [0.2, 0.25) is 0 Å². The number of piperazine rings is 1. The molecule has 3 aromatic carbocycles. The summed E-state index contributed by atoms with van der Waals surface area (Å²) >= 11 is 0. The molecule has 1 aliphatic rings. The van der Waals surface area contributed by atoms with Crippen LogP contribution in [0.4, 0.5) is 11.5 Å². The molecule has 0 saturated carbocycles. The zero-order chi connectivity index (χ0) is 24.6. The number of hydrogen-bond donors (Lipinski definition) is 0. The van der Waals surface area contributed by atoms with Gasteiger partial charge in [-0.3, -0.25) is 0 Å². The lowest BCUT2D eigenvalue weighted by atomic mass is 10.1. The predicted molar refractivity (Wildman–Crippen MR) is 149 cm³/mol. The normalized spacial score (nSPS) is 16.0. The van der Waals surface area contributed by atoms with Crippen molar-refractivity contribution in [2.75, 3.05) is 29.4 Å². The van der Waals surface area contributed by atoms with Crippen molar-refractivity contribution in [3.8, 4) is 16.8 Å². The molecule has 0 aliphatic carbocycles. The van der Waals surface area contributed by atoms with Crippen molar-refractivity contribution in [1.29, 1.82) is 0 Å². The highest BCUT2D eigenvalue weighted by atomic mass is 15.3. The molecule has 6 rings (SSSR count). The van der Waals surface area contributed by atoms with Crippen molar-refractivity contribution in [3.63, 3.8) is 0 Å². The topological polar surface area (TPSA) is 37.2 Å². The second kappa shape index (κ2) is 9.15. The third-order valence-electron chi connectivity index (χ3n) is 7.19. The van der Waals surface area contributed by atoms with Crippen LogP contribution in [-0.2, 0) is 0 Å². The van der Waals surface area contributed by atoms with Gasteiger partial charge >= 0.3 is 0 Å². The predicted octanol–water partition coefficient (Wildman–Crippen LogP) is 6.42. The van der Waals surface area contributed by atoms with E-state index in [4.69, 9.17) is 9.97 Å². The smallest absolute Gasteiger partial charge is 0.150 e. The van der Waals surface area contributed by atoms with Crippen LogP contribution in [0.3, 0.4) is 0 Å². The first-order chi connectivity index (χ1) is 17.6. The number of fused-ring (bicyclic) bond motifs is 1. The molecular formula is C31H31N5. The fourth-order valence-corrected chi connectivity index (χ4v) is 5.44. The number of anilines is 2. The van der Waals surface area contributed by atoms with Crippen LogP contribution in [0, 0.1) is 13.8 Å². The van der Waals surface area contributed by atoms with Crippen molar-refractivity contribution in [2.45, 2.75) is 26.8 Å². The van der Waals surface area contributed by atoms with Gasteiger partial charge in [0.15, 0.2) is 5.65 Å². The van der Waals surface area contributed by atoms with Crippen LogP contribution in [0.1, 0.15) is 18.1 Å². The van der Waals surface area contributed by atoms with Gasteiger partial charge < -0.3 is 14.4 Å². The highest BCUT2D eigenvalue weighted by Gasteiger charge is 2.28. The standard InChI is InChI=1S/C31H31N5/c1-22-9-7-13-26(17-22)35-16-15-34(19-24(35)3)30-29-28(25-11-5-4-6-12-25)20-36(31(29)33-21-32-30)27-14-8-10-23(2)18-27/h4-14,17-18,20-21,24H,15-16,19H2,1-3H3/t24-/m1/s1. The van der Waals surface area contributed by atoms with Crippen LogP contribution in [0.2, 0.25) is 0 Å². The van der Waals surface area contributed by atoms with Gasteiger partial charge in [0.05, 0.1) is 5.39 Å². The van der Waals surface area contributed by atoms with Gasteiger partial charge in [0.1, 0.15) is 12.1 Å². The number of rotatable bonds is 4. The zero-order valence-corrected chi connectivity index (χ0v) is 21.1. The Bertz CT molecular complexity index is 1520. The van der Waals surface area contributed by atoms with Crippen LogP contribution in [0.15, 0.2) is 91.4 Å². The fraction of sp³-hybridized carbons (Fsp3) is 0.226. The molecule has 1 saturated heterocycles. The minimum atomic E-state index is 0.365. The first-order valence-corrected chi connectivity index (χ1v) is 12.7. The summed E-state index contributed by atoms with van der Waals surface area (Å²) in [4.78, 5) is 14.6. The molecule has 2 aromatic heterocycles. The number of aryl methyl sites for hydroxylation is 2. The van der Waals surface area contributed by atoms with Gasteiger partial charge in [0, 0.05) is 48.8 Å². The average Bonchev–Trinajstić information content (AvgIpc) is 3.29. The van der Waals surface area contributed by atoms with E-state index in [1.165, 1.54) is 22.4 Å². The van der Waals surface area contributed by atoms with Gasteiger partial charge in [-0.2, -0.15) is 0 Å². The zero-order valence-electron chi connectivity index (χ0n) is 21.1. The molecule has 36 heavy (non-hydrogen) atoms. The molecule has 5 nitrogen and oxygen atoms in total. The Hall–Kier alpha value is -4.12. The molecular weight excluding hydrogens is 442 g/mol. The third-order valence-corrected chi connectivity index (χ3v) is 7.19. The van der Waals surface area contributed by atoms with Gasteiger partial charge in [-0.05, 0) is 61.7 Å². The number of nitrogens with zero attached hydrogens (tertiary/aromatic N) is 5. The maximum absolute atomic E-state index is 4.87. The summed E-state index contributed by atoms with van der Waals surface area (Å²) in [5, 5.41) is 1.11. The lowest BCUT2D eigenvalue weighted by Crippen LogP contribution is -2.52. The van der Waals surface area contributed by atoms with Gasteiger partial charge in [-0.25, -0.2) is 9.97 Å². The molecule has 180 valence electrons. The maximum Gasteiger partial charge on any atom is 0.150 e. The Balaban J connectivity index is 1.45. The van der Waals surface area contributed by atoms with Crippen LogP contribution in [0.25, 0.3) is 27.8 Å². The highest BCUT2D eigenvalue weighted by molar-refractivity contribution is 6.02. The molecule has 0 spiro atoms. The molecule has 5 aromatic rings. The number of hydrogen-bond acceptors (Lipinski definition) is 4. The summed E-state index contributed by atoms with van der Waals surface area (Å²) in [6.07, 6.45) is 3.94. The summed E-state index contributed by atoms with van der Waals surface area (Å²) in [5.74, 6) is 1.01. The van der Waals surface area contributed by atoms with Gasteiger partial charge in [-0.1, -0.05) is 54.6 Å². The minimum Gasteiger partial charge on any atom is -0.365 e. The van der Waals surface area contributed by atoms with Crippen molar-refractivity contribution in [1.82, 2.24) is 14.5 Å². The van der Waals surface area contributed by atoms with E-state index in [-0.39, 0.29) is 0 Å². The van der Waals surface area contributed by atoms with E-state index >= 15 is 0 Å². The number of aromatic nitrogens is 3. The van der Waals surface area contributed by atoms with Crippen LogP contribution in [0.5, 0.6) is 0 Å². The van der Waals surface area contributed by atoms with Crippen LogP contribution < -0.4 is 9.80 Å². The number of benzene rings is 3. The van der Waals surface area contributed by atoms with E-state index in [0.717, 1.165) is 47.7 Å².